The van der Waals surface area contributed by atoms with Crippen LogP contribution in [-0.2, 0) is 20.2 Å². The molecule has 186 valence electrons. The van der Waals surface area contributed by atoms with E-state index in [1.807, 2.05) is 64.1 Å². The van der Waals surface area contributed by atoms with Gasteiger partial charge in [0.2, 0.25) is 10.0 Å². The van der Waals surface area contributed by atoms with E-state index in [9.17, 15) is 13.2 Å². The fraction of sp³-hybridized carbons (Fsp3) is 0.464. The fourth-order valence-corrected chi connectivity index (χ4v) is 8.58. The molecule has 6 nitrogen and oxygen atoms in total. The summed E-state index contributed by atoms with van der Waals surface area (Å²) in [4.78, 5) is 15.8. The van der Waals surface area contributed by atoms with Crippen molar-refractivity contribution in [3.8, 4) is 0 Å². The molecule has 5 rings (SSSR count). The third kappa shape index (κ3) is 3.24. The van der Waals surface area contributed by atoms with Crippen molar-refractivity contribution in [1.29, 1.82) is 0 Å². The Labute approximate surface area is 208 Å². The lowest BCUT2D eigenvalue weighted by Gasteiger charge is -2.54. The van der Waals surface area contributed by atoms with Crippen LogP contribution in [0.1, 0.15) is 57.6 Å². The molecule has 2 aromatic rings. The summed E-state index contributed by atoms with van der Waals surface area (Å²) in [6, 6.07) is 14.8. The third-order valence-corrected chi connectivity index (χ3v) is 9.91. The first-order valence-electron chi connectivity index (χ1n) is 12.3. The molecule has 0 bridgehead atoms. The summed E-state index contributed by atoms with van der Waals surface area (Å²) in [6.07, 6.45) is 4.29. The molecule has 2 aliphatic heterocycles. The lowest BCUT2D eigenvalue weighted by Crippen LogP contribution is -2.69. The van der Waals surface area contributed by atoms with Crippen molar-refractivity contribution in [1.82, 2.24) is 4.31 Å². The number of nitrogens with zero attached hydrogens (tertiary/aromatic N) is 2. The van der Waals surface area contributed by atoms with E-state index in [0.717, 1.165) is 29.7 Å². The van der Waals surface area contributed by atoms with Gasteiger partial charge in [-0.15, -0.1) is 6.58 Å². The second-order valence-electron chi connectivity index (χ2n) is 11.0. The van der Waals surface area contributed by atoms with Crippen molar-refractivity contribution < 1.29 is 17.9 Å². The summed E-state index contributed by atoms with van der Waals surface area (Å²) in [5.41, 5.74) is 0.333. The number of para-hydroxylation sites is 1. The summed E-state index contributed by atoms with van der Waals surface area (Å²) in [6.45, 7) is 11.9. The number of hydrogen-bond donors (Lipinski definition) is 0. The van der Waals surface area contributed by atoms with E-state index >= 15 is 0 Å². The number of sulfonamides is 1. The molecular weight excluding hydrogens is 460 g/mol. The van der Waals surface area contributed by atoms with Crippen molar-refractivity contribution in [3.63, 3.8) is 0 Å². The van der Waals surface area contributed by atoms with E-state index < -0.39 is 32.8 Å². The van der Waals surface area contributed by atoms with Crippen LogP contribution in [0.4, 0.5) is 10.5 Å². The lowest BCUT2D eigenvalue weighted by molar-refractivity contribution is 0.0314. The molecule has 0 aromatic heterocycles. The van der Waals surface area contributed by atoms with Gasteiger partial charge in [0, 0.05) is 12.0 Å². The minimum Gasteiger partial charge on any atom is -0.443 e. The number of carbonyl (C=O) groups is 1. The topological polar surface area (TPSA) is 66.9 Å². The molecule has 0 radical (unpaired) electrons. The maximum absolute atomic E-state index is 14.3. The highest BCUT2D eigenvalue weighted by Crippen LogP contribution is 2.67. The summed E-state index contributed by atoms with van der Waals surface area (Å²) in [7, 11) is -3.90. The monoisotopic (exact) mass is 494 g/mol. The van der Waals surface area contributed by atoms with Crippen LogP contribution in [0.3, 0.4) is 0 Å². The number of ether oxygens (including phenoxy) is 1. The first-order valence-corrected chi connectivity index (χ1v) is 13.8. The molecule has 1 amide bonds. The number of rotatable bonds is 3. The van der Waals surface area contributed by atoms with Crippen LogP contribution in [0.25, 0.3) is 0 Å². The Morgan fingerprint density at radius 2 is 1.80 bits per heavy atom. The van der Waals surface area contributed by atoms with Gasteiger partial charge in [-0.25, -0.2) is 13.2 Å². The number of allylic oxidation sites excluding steroid dienone is 1. The molecule has 1 saturated carbocycles. The van der Waals surface area contributed by atoms with Gasteiger partial charge < -0.3 is 4.74 Å². The smallest absolute Gasteiger partial charge is 0.416 e. The maximum Gasteiger partial charge on any atom is 0.416 e. The van der Waals surface area contributed by atoms with Gasteiger partial charge in [0.15, 0.2) is 0 Å². The zero-order chi connectivity index (χ0) is 25.2. The van der Waals surface area contributed by atoms with Crippen LogP contribution < -0.4 is 4.90 Å². The first-order chi connectivity index (χ1) is 16.5. The number of fused-ring (bicyclic) bond motifs is 1. The second-order valence-corrected chi connectivity index (χ2v) is 12.9. The summed E-state index contributed by atoms with van der Waals surface area (Å²) in [5.74, 6) is 0.0306. The number of hydrogen-bond acceptors (Lipinski definition) is 4. The van der Waals surface area contributed by atoms with Crippen LogP contribution >= 0.6 is 0 Å². The average molecular weight is 495 g/mol. The molecule has 7 heteroatoms. The standard InChI is InChI=1S/C28H34N2O4S/c1-6-21-10-9-17-28-27(21,18-19-29(28)35(32,33)22-15-13-20(2)14-16-22)23-11-7-8-12-24(23)30(28)25(31)34-26(3,4)5/h6-8,11-16,21H,1,9-10,17-19H2,2-5H3/t21-,27+,28+/m0/s1. The second kappa shape index (κ2) is 7.93. The predicted molar refractivity (Wildman–Crippen MR) is 137 cm³/mol. The molecule has 3 aliphatic rings. The minimum atomic E-state index is -3.90. The van der Waals surface area contributed by atoms with Gasteiger partial charge in [-0.2, -0.15) is 4.31 Å². The van der Waals surface area contributed by atoms with Gasteiger partial charge in [-0.1, -0.05) is 42.0 Å². The number of benzene rings is 2. The molecule has 1 saturated heterocycles. The van der Waals surface area contributed by atoms with E-state index in [0.29, 0.717) is 19.4 Å². The molecule has 35 heavy (non-hydrogen) atoms. The minimum absolute atomic E-state index is 0.0306. The fourth-order valence-electron chi connectivity index (χ4n) is 6.78. The van der Waals surface area contributed by atoms with Crippen molar-refractivity contribution in [2.75, 3.05) is 11.4 Å². The van der Waals surface area contributed by atoms with Crippen LogP contribution in [0.5, 0.6) is 0 Å². The zero-order valence-corrected chi connectivity index (χ0v) is 21.8. The van der Waals surface area contributed by atoms with Crippen molar-refractivity contribution in [2.45, 2.75) is 75.0 Å². The van der Waals surface area contributed by atoms with Crippen molar-refractivity contribution >= 4 is 21.8 Å². The van der Waals surface area contributed by atoms with E-state index in [4.69, 9.17) is 4.74 Å². The Morgan fingerprint density at radius 3 is 2.46 bits per heavy atom. The SMILES string of the molecule is C=C[C@H]1CCC[C@@]23N(C(=O)OC(C)(C)C)c4ccccc4[C@@]12CCN3S(=O)(=O)c1ccc(C)cc1. The Kier molecular flexibility index (Phi) is 5.46. The average Bonchev–Trinajstić information content (AvgIpc) is 3.27. The number of amides is 1. The van der Waals surface area contributed by atoms with Gasteiger partial charge in [0.05, 0.1) is 10.6 Å². The Balaban J connectivity index is 1.78. The highest BCUT2D eigenvalue weighted by atomic mass is 32.2. The van der Waals surface area contributed by atoms with Crippen LogP contribution in [0, 0.1) is 12.8 Å². The first kappa shape index (κ1) is 24.1. The van der Waals surface area contributed by atoms with Gasteiger partial charge in [0.25, 0.3) is 0 Å². The molecule has 2 aromatic carbocycles. The Morgan fingerprint density at radius 1 is 1.11 bits per heavy atom. The lowest BCUT2D eigenvalue weighted by atomic mass is 9.58. The van der Waals surface area contributed by atoms with Gasteiger partial charge in [-0.05, 0) is 83.1 Å². The van der Waals surface area contributed by atoms with Crippen LogP contribution in [-0.4, -0.2) is 36.6 Å². The number of aryl methyl sites for hydroxylation is 1. The van der Waals surface area contributed by atoms with E-state index in [-0.39, 0.29) is 10.8 Å². The summed E-state index contributed by atoms with van der Waals surface area (Å²) < 4.78 is 36.0. The predicted octanol–water partition coefficient (Wildman–Crippen LogP) is 5.76. The molecule has 0 N–H and O–H groups in total. The van der Waals surface area contributed by atoms with E-state index in [1.165, 1.54) is 0 Å². The molecule has 2 heterocycles. The Hall–Kier alpha value is -2.64. The van der Waals surface area contributed by atoms with Gasteiger partial charge in [0.1, 0.15) is 11.3 Å². The normalized spacial score (nSPS) is 28.2. The molecule has 2 fully saturated rings. The van der Waals surface area contributed by atoms with E-state index in [1.54, 1.807) is 21.3 Å². The quantitative estimate of drug-likeness (QED) is 0.509. The maximum atomic E-state index is 14.3. The molecule has 3 atom stereocenters. The van der Waals surface area contributed by atoms with Crippen molar-refractivity contribution in [3.05, 3.63) is 72.3 Å². The molecular formula is C28H34N2O4S. The highest BCUT2D eigenvalue weighted by Gasteiger charge is 2.74. The summed E-state index contributed by atoms with van der Waals surface area (Å²) >= 11 is 0. The van der Waals surface area contributed by atoms with Crippen LogP contribution in [0.2, 0.25) is 0 Å². The third-order valence-electron chi connectivity index (χ3n) is 7.97. The van der Waals surface area contributed by atoms with Crippen molar-refractivity contribution in [2.24, 2.45) is 5.92 Å². The molecule has 0 spiro atoms. The zero-order valence-electron chi connectivity index (χ0n) is 21.0. The van der Waals surface area contributed by atoms with E-state index in [2.05, 4.69) is 12.6 Å². The molecule has 0 unspecified atom stereocenters. The number of anilines is 1. The Bertz CT molecular complexity index is 1280. The van der Waals surface area contributed by atoms with Crippen LogP contribution in [0.15, 0.2) is 66.1 Å². The summed E-state index contributed by atoms with van der Waals surface area (Å²) in [5, 5.41) is 0. The number of carbonyl (C=O) groups excluding carboxylic acids is 1. The largest absolute Gasteiger partial charge is 0.443 e. The highest BCUT2D eigenvalue weighted by molar-refractivity contribution is 7.89. The molecule has 1 aliphatic carbocycles. The van der Waals surface area contributed by atoms with Gasteiger partial charge in [-0.3, -0.25) is 4.90 Å². The van der Waals surface area contributed by atoms with Gasteiger partial charge >= 0.3 is 6.09 Å².